The van der Waals surface area contributed by atoms with Gasteiger partial charge in [-0.05, 0) is 54.3 Å². The number of aromatic carboxylic acids is 1. The largest absolute Gasteiger partial charge is 0.478 e. The van der Waals surface area contributed by atoms with E-state index in [2.05, 4.69) is 0 Å². The second kappa shape index (κ2) is 6.90. The third-order valence-electron chi connectivity index (χ3n) is 5.21. The van der Waals surface area contributed by atoms with Gasteiger partial charge >= 0.3 is 5.97 Å². The van der Waals surface area contributed by atoms with Crippen LogP contribution in [0.25, 0.3) is 0 Å². The molecule has 0 spiro atoms. The average Bonchev–Trinajstić information content (AvgIpc) is 2.84. The molecule has 3 rings (SSSR count). The number of hydrogen-bond donors (Lipinski definition) is 1. The molecule has 136 valence electrons. The van der Waals surface area contributed by atoms with Crippen LogP contribution in [0.1, 0.15) is 54.6 Å². The van der Waals surface area contributed by atoms with Crippen molar-refractivity contribution in [2.45, 2.75) is 45.1 Å². The van der Waals surface area contributed by atoms with Crippen LogP contribution in [-0.2, 0) is 16.8 Å². The highest BCUT2D eigenvalue weighted by Crippen LogP contribution is 2.47. The van der Waals surface area contributed by atoms with E-state index >= 15 is 0 Å². The standard InChI is InChI=1S/C21H22FNO3/c1-3-10-21(4-2)17-12-16(22)8-9-18(17)23(20(21)26)13-14-6-5-7-15(11-14)19(24)25/h5-9,11-12H,3-4,10,13H2,1-2H3,(H,24,25)/t21-/m1/s1. The van der Waals surface area contributed by atoms with Crippen molar-refractivity contribution in [3.63, 3.8) is 0 Å². The molecule has 5 heteroatoms. The molecule has 2 aromatic rings. The van der Waals surface area contributed by atoms with E-state index in [1.54, 1.807) is 29.2 Å². The molecule has 1 aliphatic rings. The quantitative estimate of drug-likeness (QED) is 0.829. The smallest absolute Gasteiger partial charge is 0.335 e. The van der Waals surface area contributed by atoms with Crippen LogP contribution in [0.2, 0.25) is 0 Å². The zero-order valence-corrected chi connectivity index (χ0v) is 15.0. The van der Waals surface area contributed by atoms with Crippen molar-refractivity contribution in [3.05, 3.63) is 65.0 Å². The van der Waals surface area contributed by atoms with Crippen molar-refractivity contribution >= 4 is 17.6 Å². The van der Waals surface area contributed by atoms with Gasteiger partial charge in [0.15, 0.2) is 0 Å². The summed E-state index contributed by atoms with van der Waals surface area (Å²) in [7, 11) is 0. The van der Waals surface area contributed by atoms with E-state index in [-0.39, 0.29) is 23.8 Å². The Bertz CT molecular complexity index is 864. The number of benzene rings is 2. The molecule has 4 nitrogen and oxygen atoms in total. The Labute approximate surface area is 152 Å². The first-order chi connectivity index (χ1) is 12.4. The molecule has 0 unspecified atom stereocenters. The molecule has 1 aliphatic heterocycles. The van der Waals surface area contributed by atoms with Gasteiger partial charge in [0.25, 0.3) is 0 Å². The summed E-state index contributed by atoms with van der Waals surface area (Å²) in [5, 5.41) is 9.18. The lowest BCUT2D eigenvalue weighted by Crippen LogP contribution is -2.39. The minimum atomic E-state index is -1.00. The van der Waals surface area contributed by atoms with E-state index in [0.29, 0.717) is 18.5 Å². The molecular weight excluding hydrogens is 333 g/mol. The fourth-order valence-corrected chi connectivity index (χ4v) is 3.94. The molecule has 0 saturated carbocycles. The van der Waals surface area contributed by atoms with Crippen molar-refractivity contribution in [1.82, 2.24) is 0 Å². The van der Waals surface area contributed by atoms with Crippen LogP contribution < -0.4 is 4.90 Å². The SMILES string of the molecule is CCC[C@@]1(CC)C(=O)N(Cc2cccc(C(=O)O)c2)c2ccc(F)cc21. The Morgan fingerprint density at radius 3 is 2.62 bits per heavy atom. The highest BCUT2D eigenvalue weighted by molar-refractivity contribution is 6.08. The fourth-order valence-electron chi connectivity index (χ4n) is 3.94. The van der Waals surface area contributed by atoms with Crippen molar-refractivity contribution in [2.24, 2.45) is 0 Å². The first-order valence-corrected chi connectivity index (χ1v) is 8.87. The van der Waals surface area contributed by atoms with Gasteiger partial charge in [-0.3, -0.25) is 4.79 Å². The Morgan fingerprint density at radius 2 is 1.96 bits per heavy atom. The summed E-state index contributed by atoms with van der Waals surface area (Å²) in [6.07, 6.45) is 2.07. The van der Waals surface area contributed by atoms with E-state index in [1.807, 2.05) is 13.8 Å². The van der Waals surface area contributed by atoms with E-state index in [1.165, 1.54) is 18.2 Å². The summed E-state index contributed by atoms with van der Waals surface area (Å²) in [6.45, 7) is 4.24. The van der Waals surface area contributed by atoms with Gasteiger partial charge in [-0.2, -0.15) is 0 Å². The third-order valence-corrected chi connectivity index (χ3v) is 5.21. The van der Waals surface area contributed by atoms with E-state index in [0.717, 1.165) is 17.5 Å². The molecule has 1 N–H and O–H groups in total. The number of nitrogens with zero attached hydrogens (tertiary/aromatic N) is 1. The molecule has 2 aromatic carbocycles. The molecule has 0 aliphatic carbocycles. The number of hydrogen-bond acceptors (Lipinski definition) is 2. The number of carbonyl (C=O) groups excluding carboxylic acids is 1. The number of carboxylic acids is 1. The van der Waals surface area contributed by atoms with Crippen LogP contribution in [-0.4, -0.2) is 17.0 Å². The molecule has 1 amide bonds. The van der Waals surface area contributed by atoms with Crippen LogP contribution >= 0.6 is 0 Å². The summed E-state index contributed by atoms with van der Waals surface area (Å²) in [4.78, 5) is 26.2. The first-order valence-electron chi connectivity index (χ1n) is 8.87. The molecule has 0 fully saturated rings. The number of carbonyl (C=O) groups is 2. The molecule has 0 bridgehead atoms. The minimum Gasteiger partial charge on any atom is -0.478 e. The number of amides is 1. The summed E-state index contributed by atoms with van der Waals surface area (Å²) >= 11 is 0. The summed E-state index contributed by atoms with van der Waals surface area (Å²) in [5.41, 5.74) is 1.66. The van der Waals surface area contributed by atoms with Gasteiger partial charge in [0, 0.05) is 5.69 Å². The van der Waals surface area contributed by atoms with E-state index < -0.39 is 11.4 Å². The molecule has 0 saturated heterocycles. The predicted molar refractivity (Wildman–Crippen MR) is 97.9 cm³/mol. The van der Waals surface area contributed by atoms with Crippen LogP contribution in [0.15, 0.2) is 42.5 Å². The normalized spacial score (nSPS) is 18.9. The molecule has 1 atom stereocenters. The van der Waals surface area contributed by atoms with Crippen LogP contribution in [0.4, 0.5) is 10.1 Å². The van der Waals surface area contributed by atoms with Crippen molar-refractivity contribution in [1.29, 1.82) is 0 Å². The van der Waals surface area contributed by atoms with Gasteiger partial charge in [-0.1, -0.05) is 32.4 Å². The molecule has 26 heavy (non-hydrogen) atoms. The lowest BCUT2D eigenvalue weighted by atomic mass is 9.75. The highest BCUT2D eigenvalue weighted by Gasteiger charge is 2.48. The highest BCUT2D eigenvalue weighted by atomic mass is 19.1. The maximum atomic E-state index is 13.9. The predicted octanol–water partition coefficient (Wildman–Crippen LogP) is 4.52. The van der Waals surface area contributed by atoms with Crippen molar-refractivity contribution < 1.29 is 19.1 Å². The topological polar surface area (TPSA) is 57.6 Å². The lowest BCUT2D eigenvalue weighted by Gasteiger charge is -2.27. The number of fused-ring (bicyclic) bond motifs is 1. The molecule has 1 heterocycles. The van der Waals surface area contributed by atoms with E-state index in [9.17, 15) is 19.1 Å². The Balaban J connectivity index is 2.05. The fraction of sp³-hybridized carbons (Fsp3) is 0.333. The molecule has 0 aromatic heterocycles. The first kappa shape index (κ1) is 18.1. The van der Waals surface area contributed by atoms with Gasteiger partial charge in [0.1, 0.15) is 5.82 Å². The molecule has 0 radical (unpaired) electrons. The van der Waals surface area contributed by atoms with Gasteiger partial charge in [-0.25, -0.2) is 9.18 Å². The zero-order chi connectivity index (χ0) is 18.9. The average molecular weight is 355 g/mol. The number of halogens is 1. The second-order valence-electron chi connectivity index (χ2n) is 6.74. The maximum absolute atomic E-state index is 13.9. The number of anilines is 1. The Kier molecular flexibility index (Phi) is 4.81. The molecular formula is C21H22FNO3. The van der Waals surface area contributed by atoms with Gasteiger partial charge in [0.2, 0.25) is 5.91 Å². The Hall–Kier alpha value is -2.69. The summed E-state index contributed by atoms with van der Waals surface area (Å²) < 4.78 is 13.9. The van der Waals surface area contributed by atoms with Gasteiger partial charge < -0.3 is 10.0 Å². The lowest BCUT2D eigenvalue weighted by molar-refractivity contribution is -0.123. The van der Waals surface area contributed by atoms with Gasteiger partial charge in [0.05, 0.1) is 17.5 Å². The summed E-state index contributed by atoms with van der Waals surface area (Å²) in [5.74, 6) is -1.39. The van der Waals surface area contributed by atoms with Crippen molar-refractivity contribution in [2.75, 3.05) is 4.90 Å². The third kappa shape index (κ3) is 2.87. The monoisotopic (exact) mass is 355 g/mol. The van der Waals surface area contributed by atoms with Crippen LogP contribution in [0.3, 0.4) is 0 Å². The van der Waals surface area contributed by atoms with Gasteiger partial charge in [-0.15, -0.1) is 0 Å². The second-order valence-corrected chi connectivity index (χ2v) is 6.74. The minimum absolute atomic E-state index is 0.0387. The maximum Gasteiger partial charge on any atom is 0.335 e. The van der Waals surface area contributed by atoms with Crippen LogP contribution in [0.5, 0.6) is 0 Å². The van der Waals surface area contributed by atoms with Crippen LogP contribution in [0, 0.1) is 5.82 Å². The van der Waals surface area contributed by atoms with E-state index in [4.69, 9.17) is 0 Å². The summed E-state index contributed by atoms with van der Waals surface area (Å²) in [6, 6.07) is 11.1. The zero-order valence-electron chi connectivity index (χ0n) is 15.0. The number of rotatable bonds is 6. The van der Waals surface area contributed by atoms with Crippen molar-refractivity contribution in [3.8, 4) is 0 Å². The Morgan fingerprint density at radius 1 is 1.19 bits per heavy atom. The number of carboxylic acid groups (broad SMARTS) is 1.